The molecule has 1 fully saturated rings. The van der Waals surface area contributed by atoms with Crippen molar-refractivity contribution in [1.29, 1.82) is 5.26 Å². The second-order valence-corrected chi connectivity index (χ2v) is 9.45. The molecule has 4 rings (SSSR count). The Hall–Kier alpha value is -3.44. The molecular formula is C27H26F2N4OS. The quantitative estimate of drug-likeness (QED) is 0.410. The lowest BCUT2D eigenvalue weighted by molar-refractivity contribution is -0.0102. The van der Waals surface area contributed by atoms with Crippen LogP contribution in [0.1, 0.15) is 40.7 Å². The Morgan fingerprint density at radius 2 is 1.97 bits per heavy atom. The lowest BCUT2D eigenvalue weighted by Gasteiger charge is -2.26. The summed E-state index contributed by atoms with van der Waals surface area (Å²) in [6.07, 6.45) is 3.48. The molecule has 1 amide bonds. The maximum Gasteiger partial charge on any atom is 0.259 e. The summed E-state index contributed by atoms with van der Waals surface area (Å²) in [5.41, 5.74) is 3.66. The number of carbonyl (C=O) groups is 1. The van der Waals surface area contributed by atoms with Crippen molar-refractivity contribution in [1.82, 2.24) is 4.98 Å². The second kappa shape index (κ2) is 10.4. The summed E-state index contributed by atoms with van der Waals surface area (Å²) in [5, 5.41) is 12.3. The molecule has 1 aliphatic heterocycles. The van der Waals surface area contributed by atoms with Gasteiger partial charge in [0.25, 0.3) is 5.91 Å². The predicted molar refractivity (Wildman–Crippen MR) is 136 cm³/mol. The van der Waals surface area contributed by atoms with Crippen LogP contribution < -0.4 is 10.2 Å². The van der Waals surface area contributed by atoms with Gasteiger partial charge < -0.3 is 10.2 Å². The average Bonchev–Trinajstić information content (AvgIpc) is 3.04. The van der Waals surface area contributed by atoms with Crippen LogP contribution in [0.15, 0.2) is 59.6 Å². The molecule has 0 saturated carbocycles. The zero-order valence-electron chi connectivity index (χ0n) is 19.6. The number of alkyl halides is 2. The number of amides is 1. The Balaban J connectivity index is 1.79. The number of nitriles is 1. The molecule has 0 radical (unpaired) electrons. The number of thioether (sulfide) groups is 1. The molecule has 2 aromatic carbocycles. The molecule has 1 aliphatic rings. The van der Waals surface area contributed by atoms with Gasteiger partial charge in [-0.05, 0) is 61.1 Å². The number of hydrogen-bond acceptors (Lipinski definition) is 5. The Bertz CT molecular complexity index is 1290. The van der Waals surface area contributed by atoms with Crippen LogP contribution in [-0.4, -0.2) is 36.2 Å². The highest BCUT2D eigenvalue weighted by molar-refractivity contribution is 7.98. The molecule has 1 saturated heterocycles. The van der Waals surface area contributed by atoms with Gasteiger partial charge in [-0.3, -0.25) is 4.79 Å². The van der Waals surface area contributed by atoms with Gasteiger partial charge in [0.1, 0.15) is 5.82 Å². The minimum atomic E-state index is -2.72. The lowest BCUT2D eigenvalue weighted by Crippen LogP contribution is -2.30. The fourth-order valence-electron chi connectivity index (χ4n) is 4.32. The molecular weight excluding hydrogens is 466 g/mol. The van der Waals surface area contributed by atoms with Crippen LogP contribution in [0.5, 0.6) is 0 Å². The third-order valence-corrected chi connectivity index (χ3v) is 6.92. The first-order valence-electron chi connectivity index (χ1n) is 11.4. The van der Waals surface area contributed by atoms with Gasteiger partial charge in [-0.25, -0.2) is 13.8 Å². The monoisotopic (exact) mass is 492 g/mol. The van der Waals surface area contributed by atoms with E-state index in [0.29, 0.717) is 46.7 Å². The van der Waals surface area contributed by atoms with E-state index in [2.05, 4.69) is 16.4 Å². The molecule has 3 aromatic rings. The van der Waals surface area contributed by atoms with E-state index < -0.39 is 5.92 Å². The van der Waals surface area contributed by atoms with E-state index in [1.54, 1.807) is 41.1 Å². The zero-order chi connectivity index (χ0) is 25.0. The average molecular weight is 493 g/mol. The van der Waals surface area contributed by atoms with E-state index >= 15 is 0 Å². The fourth-order valence-corrected chi connectivity index (χ4v) is 4.78. The first-order chi connectivity index (χ1) is 16.8. The van der Waals surface area contributed by atoms with E-state index in [1.165, 1.54) is 0 Å². The number of rotatable bonds is 5. The number of halogens is 2. The minimum absolute atomic E-state index is 0.116. The van der Waals surface area contributed by atoms with Crippen LogP contribution in [0.25, 0.3) is 11.1 Å². The largest absolute Gasteiger partial charge is 0.356 e. The molecule has 0 unspecified atom stereocenters. The van der Waals surface area contributed by atoms with Gasteiger partial charge in [0.15, 0.2) is 0 Å². The van der Waals surface area contributed by atoms with Crippen LogP contribution in [0.4, 0.5) is 20.3 Å². The number of benzene rings is 2. The first-order valence-corrected chi connectivity index (χ1v) is 12.6. The first kappa shape index (κ1) is 24.7. The Labute approximate surface area is 208 Å². The van der Waals surface area contributed by atoms with Crippen molar-refractivity contribution >= 4 is 29.2 Å². The summed E-state index contributed by atoms with van der Waals surface area (Å²) >= 11 is 1.57. The number of pyridine rings is 1. The molecule has 2 heterocycles. The van der Waals surface area contributed by atoms with Crippen molar-refractivity contribution in [3.05, 3.63) is 71.4 Å². The number of hydrogen-bond donors (Lipinski definition) is 1. The molecule has 8 heteroatoms. The van der Waals surface area contributed by atoms with Crippen molar-refractivity contribution in [3.63, 3.8) is 0 Å². The third-order valence-electron chi connectivity index (χ3n) is 6.19. The van der Waals surface area contributed by atoms with Crippen molar-refractivity contribution < 1.29 is 13.6 Å². The number of nitrogens with one attached hydrogen (secondary N) is 1. The summed E-state index contributed by atoms with van der Waals surface area (Å²) < 4.78 is 28.1. The van der Waals surface area contributed by atoms with Gasteiger partial charge in [0.2, 0.25) is 5.92 Å². The van der Waals surface area contributed by atoms with Crippen LogP contribution in [0, 0.1) is 18.3 Å². The lowest BCUT2D eigenvalue weighted by atomic mass is 9.96. The van der Waals surface area contributed by atoms with Crippen molar-refractivity contribution in [3.8, 4) is 17.2 Å². The van der Waals surface area contributed by atoms with Crippen LogP contribution in [0.3, 0.4) is 0 Å². The molecule has 0 atom stereocenters. The van der Waals surface area contributed by atoms with Gasteiger partial charge in [-0.1, -0.05) is 18.2 Å². The molecule has 1 N–H and O–H groups in total. The summed E-state index contributed by atoms with van der Waals surface area (Å²) in [7, 11) is 0. The summed E-state index contributed by atoms with van der Waals surface area (Å²) in [5.74, 6) is -2.67. The third kappa shape index (κ3) is 5.63. The molecule has 0 bridgehead atoms. The molecule has 0 aliphatic carbocycles. The van der Waals surface area contributed by atoms with Gasteiger partial charge in [0.05, 0.1) is 17.2 Å². The number of nitrogens with zero attached hydrogens (tertiary/aromatic N) is 3. The molecule has 35 heavy (non-hydrogen) atoms. The maximum atomic E-state index is 14.1. The van der Waals surface area contributed by atoms with Gasteiger partial charge >= 0.3 is 0 Å². The molecule has 0 spiro atoms. The highest BCUT2D eigenvalue weighted by Crippen LogP contribution is 2.35. The van der Waals surface area contributed by atoms with Crippen molar-refractivity contribution in [2.24, 2.45) is 0 Å². The van der Waals surface area contributed by atoms with E-state index in [4.69, 9.17) is 0 Å². The van der Waals surface area contributed by atoms with E-state index in [-0.39, 0.29) is 25.3 Å². The Kier molecular flexibility index (Phi) is 7.37. The molecule has 1 aromatic heterocycles. The number of aromatic nitrogens is 1. The Morgan fingerprint density at radius 3 is 2.74 bits per heavy atom. The van der Waals surface area contributed by atoms with Crippen molar-refractivity contribution in [2.75, 3.05) is 29.6 Å². The number of carbonyl (C=O) groups excluding carboxylic acids is 1. The molecule has 5 nitrogen and oxygen atoms in total. The van der Waals surface area contributed by atoms with Crippen molar-refractivity contribution in [2.45, 2.75) is 37.0 Å². The van der Waals surface area contributed by atoms with Crippen LogP contribution >= 0.6 is 11.8 Å². The van der Waals surface area contributed by atoms with E-state index in [1.807, 2.05) is 43.5 Å². The van der Waals surface area contributed by atoms with Crippen LogP contribution in [0.2, 0.25) is 0 Å². The summed E-state index contributed by atoms with van der Waals surface area (Å²) in [4.78, 5) is 21.0. The minimum Gasteiger partial charge on any atom is -0.356 e. The Morgan fingerprint density at radius 1 is 1.17 bits per heavy atom. The summed E-state index contributed by atoms with van der Waals surface area (Å²) in [6.45, 7) is 2.34. The van der Waals surface area contributed by atoms with Gasteiger partial charge in [-0.2, -0.15) is 5.26 Å². The molecule has 180 valence electrons. The van der Waals surface area contributed by atoms with Gasteiger partial charge in [0, 0.05) is 48.3 Å². The zero-order valence-corrected chi connectivity index (χ0v) is 20.5. The topological polar surface area (TPSA) is 69.0 Å². The van der Waals surface area contributed by atoms with Gasteiger partial charge in [-0.15, -0.1) is 11.8 Å². The summed E-state index contributed by atoms with van der Waals surface area (Å²) in [6, 6.07) is 16.8. The highest BCUT2D eigenvalue weighted by Gasteiger charge is 2.33. The van der Waals surface area contributed by atoms with E-state index in [9.17, 15) is 18.8 Å². The standard InChI is InChI=1S/C27H26F2N4OS/c1-18-23(20-7-3-6-19(14-20)16-30)17-31-25(33-12-5-10-27(28,29)11-13-33)24(18)26(34)32-21-8-4-9-22(15-21)35-2/h3-4,6-9,14-15,17H,5,10-13H2,1-2H3,(H,32,34). The maximum absolute atomic E-state index is 14.1. The second-order valence-electron chi connectivity index (χ2n) is 8.57. The predicted octanol–water partition coefficient (Wildman–Crippen LogP) is 6.53. The van der Waals surface area contributed by atoms with E-state index in [0.717, 1.165) is 10.5 Å². The fraction of sp³-hybridized carbons (Fsp3) is 0.296. The SMILES string of the molecule is CSc1cccc(NC(=O)c2c(N3CCCC(F)(F)CC3)ncc(-c3cccc(C#N)c3)c2C)c1. The smallest absolute Gasteiger partial charge is 0.259 e. The highest BCUT2D eigenvalue weighted by atomic mass is 32.2. The normalized spacial score (nSPS) is 15.2. The number of anilines is 2. The van der Waals surface area contributed by atoms with Crippen LogP contribution in [-0.2, 0) is 0 Å².